The normalized spacial score (nSPS) is 23.7. The summed E-state index contributed by atoms with van der Waals surface area (Å²) >= 11 is 0. The first-order chi connectivity index (χ1) is 12.8. The second-order valence-electron chi connectivity index (χ2n) is 6.82. The molecular formula is C14H24F6IN5O2S. The summed E-state index contributed by atoms with van der Waals surface area (Å²) < 4.78 is 98.4. The van der Waals surface area contributed by atoms with Gasteiger partial charge in [0.1, 0.15) is 0 Å². The number of piperidine rings is 1. The van der Waals surface area contributed by atoms with Crippen LogP contribution in [-0.4, -0.2) is 87.1 Å². The van der Waals surface area contributed by atoms with Crippen molar-refractivity contribution in [3.8, 4) is 0 Å². The fraction of sp³-hybridized carbons (Fsp3) is 0.929. The molecule has 0 aromatic heterocycles. The van der Waals surface area contributed by atoms with Gasteiger partial charge in [-0.1, -0.05) is 0 Å². The number of alkyl halides is 6. The predicted molar refractivity (Wildman–Crippen MR) is 106 cm³/mol. The van der Waals surface area contributed by atoms with Crippen LogP contribution in [0.5, 0.6) is 0 Å². The fourth-order valence-corrected chi connectivity index (χ4v) is 4.28. The summed E-state index contributed by atoms with van der Waals surface area (Å²) in [6, 6.07) is -0.530. The van der Waals surface area contributed by atoms with Gasteiger partial charge in [0.15, 0.2) is 5.96 Å². The van der Waals surface area contributed by atoms with Gasteiger partial charge < -0.3 is 10.6 Å². The Labute approximate surface area is 182 Å². The Hall–Kier alpha value is -0.550. The van der Waals surface area contributed by atoms with Crippen molar-refractivity contribution in [2.24, 2.45) is 4.99 Å². The van der Waals surface area contributed by atoms with Gasteiger partial charge in [0, 0.05) is 45.3 Å². The summed E-state index contributed by atoms with van der Waals surface area (Å²) in [7, 11) is -3.86. The number of sulfonamides is 1. The molecule has 29 heavy (non-hydrogen) atoms. The topological polar surface area (TPSA) is 77.0 Å². The van der Waals surface area contributed by atoms with Crippen LogP contribution in [0, 0.1) is 0 Å². The van der Waals surface area contributed by atoms with E-state index in [0.717, 1.165) is 0 Å². The molecule has 0 bridgehead atoms. The minimum absolute atomic E-state index is 0. The number of nitrogens with zero attached hydrogens (tertiary/aromatic N) is 3. The van der Waals surface area contributed by atoms with E-state index < -0.39 is 28.3 Å². The number of hydrogen-bond acceptors (Lipinski definition) is 4. The summed E-state index contributed by atoms with van der Waals surface area (Å²) in [5.74, 6) is 0.330. The fourth-order valence-electron chi connectivity index (χ4n) is 3.29. The van der Waals surface area contributed by atoms with E-state index in [4.69, 9.17) is 0 Å². The lowest BCUT2D eigenvalue weighted by Crippen LogP contribution is -2.53. The Morgan fingerprint density at radius 3 is 2.00 bits per heavy atom. The average molecular weight is 567 g/mol. The Bertz CT molecular complexity index is 664. The van der Waals surface area contributed by atoms with Crippen molar-refractivity contribution in [3.63, 3.8) is 0 Å². The van der Waals surface area contributed by atoms with Gasteiger partial charge in [0.25, 0.3) is 0 Å². The van der Waals surface area contributed by atoms with Crippen LogP contribution in [0.25, 0.3) is 0 Å². The second kappa shape index (κ2) is 10.2. The highest BCUT2D eigenvalue weighted by molar-refractivity contribution is 14.0. The van der Waals surface area contributed by atoms with Gasteiger partial charge in [0.2, 0.25) is 0 Å². The highest BCUT2D eigenvalue weighted by Crippen LogP contribution is 2.29. The molecule has 0 spiro atoms. The maximum atomic E-state index is 12.6. The van der Waals surface area contributed by atoms with Crippen molar-refractivity contribution in [2.75, 3.05) is 39.8 Å². The first-order valence-corrected chi connectivity index (χ1v) is 10.1. The molecule has 0 radical (unpaired) electrons. The number of nitrogens with one attached hydrogen (secondary N) is 2. The van der Waals surface area contributed by atoms with Gasteiger partial charge >= 0.3 is 21.7 Å². The highest BCUT2D eigenvalue weighted by Gasteiger charge is 2.50. The van der Waals surface area contributed by atoms with E-state index in [1.165, 1.54) is 11.9 Å². The average Bonchev–Trinajstić information content (AvgIpc) is 2.98. The van der Waals surface area contributed by atoms with Gasteiger partial charge in [0.05, 0.1) is 6.54 Å². The molecule has 0 amide bonds. The van der Waals surface area contributed by atoms with Gasteiger partial charge in [-0.3, -0.25) is 9.89 Å². The molecule has 2 N–H and O–H groups in total. The zero-order chi connectivity index (χ0) is 21.2. The molecule has 2 aliphatic heterocycles. The molecule has 7 nitrogen and oxygen atoms in total. The largest absolute Gasteiger partial charge is 0.511 e. The van der Waals surface area contributed by atoms with Crippen LogP contribution < -0.4 is 10.6 Å². The van der Waals surface area contributed by atoms with E-state index in [0.29, 0.717) is 23.2 Å². The van der Waals surface area contributed by atoms with E-state index >= 15 is 0 Å². The third-order valence-corrected chi connectivity index (χ3v) is 6.30. The lowest BCUT2D eigenvalue weighted by Gasteiger charge is -2.33. The molecule has 2 saturated heterocycles. The van der Waals surface area contributed by atoms with Crippen molar-refractivity contribution in [1.82, 2.24) is 19.8 Å². The van der Waals surface area contributed by atoms with Crippen molar-refractivity contribution < 1.29 is 34.8 Å². The molecule has 15 heteroatoms. The Balaban J connectivity index is 0.00000420. The quantitative estimate of drug-likeness (QED) is 0.234. The number of hydrogen-bond donors (Lipinski definition) is 2. The number of rotatable bonds is 4. The third-order valence-electron chi connectivity index (χ3n) is 4.67. The zero-order valence-electron chi connectivity index (χ0n) is 15.6. The molecule has 0 aromatic rings. The highest BCUT2D eigenvalue weighted by atomic mass is 127. The first kappa shape index (κ1) is 26.5. The molecule has 1 atom stereocenters. The SMILES string of the molecule is CN=C(NC1CCN(S(=O)(=O)C(F)(F)F)CC1)NC1CCN(CC(F)(F)F)C1.I. The Morgan fingerprint density at radius 1 is 1.00 bits per heavy atom. The third kappa shape index (κ3) is 7.57. The summed E-state index contributed by atoms with van der Waals surface area (Å²) in [4.78, 5) is 5.28. The molecule has 0 saturated carbocycles. The van der Waals surface area contributed by atoms with Crippen LogP contribution in [0.2, 0.25) is 0 Å². The molecule has 2 heterocycles. The number of halogens is 7. The monoisotopic (exact) mass is 567 g/mol. The lowest BCUT2D eigenvalue weighted by atomic mass is 10.1. The Morgan fingerprint density at radius 2 is 1.52 bits per heavy atom. The smallest absolute Gasteiger partial charge is 0.354 e. The van der Waals surface area contributed by atoms with Crippen LogP contribution in [0.15, 0.2) is 4.99 Å². The van der Waals surface area contributed by atoms with Gasteiger partial charge in [-0.25, -0.2) is 8.42 Å². The van der Waals surface area contributed by atoms with Crippen molar-refractivity contribution >= 4 is 40.0 Å². The summed E-state index contributed by atoms with van der Waals surface area (Å²) in [5, 5.41) is 6.01. The summed E-state index contributed by atoms with van der Waals surface area (Å²) in [6.45, 7) is -1.05. The maximum Gasteiger partial charge on any atom is 0.511 e. The molecule has 2 fully saturated rings. The van der Waals surface area contributed by atoms with E-state index in [2.05, 4.69) is 15.6 Å². The van der Waals surface area contributed by atoms with Gasteiger partial charge in [-0.05, 0) is 19.3 Å². The van der Waals surface area contributed by atoms with Gasteiger partial charge in [-0.15, -0.1) is 24.0 Å². The number of aliphatic imine (C=N–C) groups is 1. The van der Waals surface area contributed by atoms with Crippen LogP contribution in [0.1, 0.15) is 19.3 Å². The second-order valence-corrected chi connectivity index (χ2v) is 8.75. The van der Waals surface area contributed by atoms with Crippen molar-refractivity contribution in [1.29, 1.82) is 0 Å². The van der Waals surface area contributed by atoms with E-state index in [1.807, 2.05) is 0 Å². The van der Waals surface area contributed by atoms with Crippen molar-refractivity contribution in [3.05, 3.63) is 0 Å². The van der Waals surface area contributed by atoms with Crippen LogP contribution >= 0.6 is 24.0 Å². The summed E-state index contributed by atoms with van der Waals surface area (Å²) in [5.41, 5.74) is -5.32. The van der Waals surface area contributed by atoms with Crippen LogP contribution in [0.4, 0.5) is 26.3 Å². The van der Waals surface area contributed by atoms with Crippen LogP contribution in [-0.2, 0) is 10.0 Å². The molecule has 0 aliphatic carbocycles. The first-order valence-electron chi connectivity index (χ1n) is 8.67. The molecule has 0 aromatic carbocycles. The van der Waals surface area contributed by atoms with E-state index in [9.17, 15) is 34.8 Å². The maximum absolute atomic E-state index is 12.6. The molecule has 172 valence electrons. The van der Waals surface area contributed by atoms with E-state index in [1.54, 1.807) is 0 Å². The van der Waals surface area contributed by atoms with Gasteiger partial charge in [-0.2, -0.15) is 30.6 Å². The lowest BCUT2D eigenvalue weighted by molar-refractivity contribution is -0.143. The minimum atomic E-state index is -5.33. The Kier molecular flexibility index (Phi) is 9.29. The molecular weight excluding hydrogens is 543 g/mol. The van der Waals surface area contributed by atoms with Crippen LogP contribution in [0.3, 0.4) is 0 Å². The number of guanidine groups is 1. The molecule has 2 rings (SSSR count). The number of likely N-dealkylation sites (tertiary alicyclic amines) is 1. The molecule has 1 unspecified atom stereocenters. The van der Waals surface area contributed by atoms with E-state index in [-0.39, 0.29) is 68.5 Å². The van der Waals surface area contributed by atoms with Crippen molar-refractivity contribution in [2.45, 2.75) is 43.0 Å². The standard InChI is InChI=1S/C14H23F6N5O2S.HI/c1-21-12(23-11-2-5-24(8-11)9-13(15,16)17)22-10-3-6-25(7-4-10)28(26,27)14(18,19)20;/h10-11H,2-9H2,1H3,(H2,21,22,23);1H. The minimum Gasteiger partial charge on any atom is -0.354 e. The molecule has 2 aliphatic rings. The zero-order valence-corrected chi connectivity index (χ0v) is 18.7. The summed E-state index contributed by atoms with van der Waals surface area (Å²) in [6.07, 6.45) is -3.46. The predicted octanol–water partition coefficient (Wildman–Crippen LogP) is 1.72.